The first-order chi connectivity index (χ1) is 8.49. The maximum absolute atomic E-state index is 11.6. The Kier molecular flexibility index (Phi) is 3.32. The Balaban J connectivity index is 2.38. The van der Waals surface area contributed by atoms with Crippen molar-refractivity contribution >= 4 is 23.2 Å². The first kappa shape index (κ1) is 12.5. The predicted molar refractivity (Wildman–Crippen MR) is 68.1 cm³/mol. The standard InChI is InChI=1S/C13H17N3O2/c1-8(2)11(17)15-13-14-10-6-5-7-16(9(3)4)12(10)18-13/h5-9H,1-4H3/p+1. The number of anilines is 1. The minimum atomic E-state index is -0.0998. The molecule has 0 saturated heterocycles. The molecule has 96 valence electrons. The first-order valence-corrected chi connectivity index (χ1v) is 6.10. The van der Waals surface area contributed by atoms with Gasteiger partial charge in [-0.3, -0.25) is 10.1 Å². The van der Waals surface area contributed by atoms with E-state index in [9.17, 15) is 4.79 Å². The van der Waals surface area contributed by atoms with Crippen LogP contribution in [0.15, 0.2) is 22.7 Å². The van der Waals surface area contributed by atoms with Crippen molar-refractivity contribution in [3.8, 4) is 0 Å². The molecule has 1 N–H and O–H groups in total. The number of pyridine rings is 1. The third-order valence-corrected chi connectivity index (χ3v) is 2.68. The Morgan fingerprint density at radius 2 is 2.11 bits per heavy atom. The van der Waals surface area contributed by atoms with Crippen molar-refractivity contribution in [2.45, 2.75) is 33.7 Å². The van der Waals surface area contributed by atoms with E-state index in [-0.39, 0.29) is 23.9 Å². The molecule has 0 aromatic carbocycles. The van der Waals surface area contributed by atoms with Crippen LogP contribution in [-0.4, -0.2) is 10.9 Å². The fraction of sp³-hybridized carbons (Fsp3) is 0.462. The molecule has 5 nitrogen and oxygen atoms in total. The van der Waals surface area contributed by atoms with Gasteiger partial charge in [-0.15, -0.1) is 0 Å². The molecule has 0 unspecified atom stereocenters. The molecule has 18 heavy (non-hydrogen) atoms. The lowest BCUT2D eigenvalue weighted by Gasteiger charge is -2.01. The fourth-order valence-corrected chi connectivity index (χ4v) is 1.62. The molecular weight excluding hydrogens is 230 g/mol. The minimum Gasteiger partial charge on any atom is -0.368 e. The summed E-state index contributed by atoms with van der Waals surface area (Å²) < 4.78 is 7.58. The molecule has 0 spiro atoms. The highest BCUT2D eigenvalue weighted by molar-refractivity contribution is 5.90. The quantitative estimate of drug-likeness (QED) is 0.848. The number of nitrogens with zero attached hydrogens (tertiary/aromatic N) is 2. The fourth-order valence-electron chi connectivity index (χ4n) is 1.62. The molecule has 0 radical (unpaired) electrons. The van der Waals surface area contributed by atoms with Crippen LogP contribution in [0.4, 0.5) is 6.01 Å². The zero-order chi connectivity index (χ0) is 13.3. The van der Waals surface area contributed by atoms with E-state index in [1.165, 1.54) is 0 Å². The minimum absolute atomic E-state index is 0.0994. The molecule has 2 aromatic rings. The summed E-state index contributed by atoms with van der Waals surface area (Å²) in [5, 5.41) is 2.67. The smallest absolute Gasteiger partial charge is 0.368 e. The number of aromatic nitrogens is 2. The van der Waals surface area contributed by atoms with E-state index in [4.69, 9.17) is 4.42 Å². The van der Waals surface area contributed by atoms with Crippen molar-refractivity contribution in [3.63, 3.8) is 0 Å². The molecule has 0 atom stereocenters. The van der Waals surface area contributed by atoms with Crippen LogP contribution in [0.1, 0.15) is 33.7 Å². The van der Waals surface area contributed by atoms with Crippen LogP contribution in [0.2, 0.25) is 0 Å². The van der Waals surface area contributed by atoms with Crippen LogP contribution >= 0.6 is 0 Å². The summed E-state index contributed by atoms with van der Waals surface area (Å²) in [5.74, 6) is -0.199. The van der Waals surface area contributed by atoms with Gasteiger partial charge in [-0.2, -0.15) is 9.55 Å². The van der Waals surface area contributed by atoms with Crippen LogP contribution in [0.25, 0.3) is 11.2 Å². The van der Waals surface area contributed by atoms with Crippen LogP contribution in [0.3, 0.4) is 0 Å². The highest BCUT2D eigenvalue weighted by Gasteiger charge is 2.20. The summed E-state index contributed by atoms with van der Waals surface area (Å²) in [6, 6.07) is 4.31. The van der Waals surface area contributed by atoms with Crippen LogP contribution in [0.5, 0.6) is 0 Å². The molecule has 0 aliphatic rings. The number of oxazole rings is 1. The molecule has 2 aromatic heterocycles. The Morgan fingerprint density at radius 3 is 2.72 bits per heavy atom. The SMILES string of the molecule is CC(C)C(=O)Nc1nc2ccc[n+](C(C)C)c2o1. The van der Waals surface area contributed by atoms with Crippen molar-refractivity contribution in [1.29, 1.82) is 0 Å². The van der Waals surface area contributed by atoms with Crippen molar-refractivity contribution in [3.05, 3.63) is 18.3 Å². The third kappa shape index (κ3) is 2.34. The zero-order valence-electron chi connectivity index (χ0n) is 11.1. The van der Waals surface area contributed by atoms with Crippen LogP contribution in [0, 0.1) is 5.92 Å². The van der Waals surface area contributed by atoms with Gasteiger partial charge in [0.15, 0.2) is 17.8 Å². The van der Waals surface area contributed by atoms with Gasteiger partial charge in [-0.05, 0) is 19.9 Å². The zero-order valence-corrected chi connectivity index (χ0v) is 11.1. The average Bonchev–Trinajstić information content (AvgIpc) is 2.70. The highest BCUT2D eigenvalue weighted by atomic mass is 16.4. The maximum Gasteiger partial charge on any atom is 0.402 e. The lowest BCUT2D eigenvalue weighted by atomic mass is 10.2. The summed E-state index contributed by atoms with van der Waals surface area (Å²) in [5.41, 5.74) is 1.41. The van der Waals surface area contributed by atoms with Crippen LogP contribution in [-0.2, 0) is 4.79 Å². The Morgan fingerprint density at radius 1 is 1.39 bits per heavy atom. The van der Waals surface area contributed by atoms with E-state index in [1.807, 2.05) is 36.7 Å². The molecule has 0 bridgehead atoms. The Labute approximate surface area is 106 Å². The summed E-state index contributed by atoms with van der Waals surface area (Å²) in [7, 11) is 0. The number of carbonyl (C=O) groups is 1. The first-order valence-electron chi connectivity index (χ1n) is 6.10. The van der Waals surface area contributed by atoms with Gasteiger partial charge in [0, 0.05) is 12.0 Å². The number of hydrogen-bond acceptors (Lipinski definition) is 3. The number of rotatable bonds is 3. The van der Waals surface area contributed by atoms with E-state index in [0.29, 0.717) is 5.71 Å². The molecule has 0 fully saturated rings. The summed E-state index contributed by atoms with van der Waals surface area (Å²) in [4.78, 5) is 15.8. The van der Waals surface area contributed by atoms with Crippen LogP contribution < -0.4 is 9.88 Å². The van der Waals surface area contributed by atoms with Gasteiger partial charge in [0.2, 0.25) is 5.91 Å². The molecule has 5 heteroatoms. The maximum atomic E-state index is 11.6. The number of fused-ring (bicyclic) bond motifs is 1. The van der Waals surface area contributed by atoms with E-state index in [2.05, 4.69) is 24.1 Å². The number of nitrogens with one attached hydrogen (secondary N) is 1. The lowest BCUT2D eigenvalue weighted by Crippen LogP contribution is -2.35. The Bertz CT molecular complexity index is 573. The third-order valence-electron chi connectivity index (χ3n) is 2.68. The van der Waals surface area contributed by atoms with Gasteiger partial charge < -0.3 is 4.42 Å². The van der Waals surface area contributed by atoms with E-state index in [1.54, 1.807) is 0 Å². The number of carbonyl (C=O) groups excluding carboxylic acids is 1. The normalized spacial score (nSPS) is 11.4. The van der Waals surface area contributed by atoms with Gasteiger partial charge in [0.1, 0.15) is 0 Å². The van der Waals surface area contributed by atoms with Gasteiger partial charge in [0.25, 0.3) is 0 Å². The average molecular weight is 248 g/mol. The summed E-state index contributed by atoms with van der Waals surface area (Å²) in [6.07, 6.45) is 1.94. The van der Waals surface area contributed by atoms with Crippen molar-refractivity contribution in [2.24, 2.45) is 5.92 Å². The molecule has 1 amide bonds. The summed E-state index contributed by atoms with van der Waals surface area (Å²) in [6.45, 7) is 7.78. The van der Waals surface area contributed by atoms with Crippen molar-refractivity contribution < 1.29 is 13.8 Å². The van der Waals surface area contributed by atoms with Gasteiger partial charge in [-0.25, -0.2) is 0 Å². The van der Waals surface area contributed by atoms with E-state index >= 15 is 0 Å². The number of hydrogen-bond donors (Lipinski definition) is 1. The number of amides is 1. The van der Waals surface area contributed by atoms with Gasteiger partial charge in [0.05, 0.1) is 0 Å². The summed E-state index contributed by atoms with van der Waals surface area (Å²) >= 11 is 0. The second-order valence-corrected chi connectivity index (χ2v) is 4.86. The largest absolute Gasteiger partial charge is 0.402 e. The molecule has 2 rings (SSSR count). The van der Waals surface area contributed by atoms with Gasteiger partial charge >= 0.3 is 11.7 Å². The van der Waals surface area contributed by atoms with E-state index < -0.39 is 0 Å². The monoisotopic (exact) mass is 248 g/mol. The second kappa shape index (κ2) is 4.76. The van der Waals surface area contributed by atoms with Crippen molar-refractivity contribution in [2.75, 3.05) is 5.32 Å². The lowest BCUT2D eigenvalue weighted by molar-refractivity contribution is -0.697. The second-order valence-electron chi connectivity index (χ2n) is 4.86. The molecule has 2 heterocycles. The highest BCUT2D eigenvalue weighted by Crippen LogP contribution is 2.16. The molecule has 0 aliphatic carbocycles. The molecule has 0 saturated carbocycles. The predicted octanol–water partition coefficient (Wildman–Crippen LogP) is 2.29. The molecular formula is C13H18N3O2+. The molecule has 0 aliphatic heterocycles. The van der Waals surface area contributed by atoms with Crippen molar-refractivity contribution in [1.82, 2.24) is 4.98 Å². The topological polar surface area (TPSA) is 59.0 Å². The van der Waals surface area contributed by atoms with E-state index in [0.717, 1.165) is 5.52 Å². The Hall–Kier alpha value is -1.91. The van der Waals surface area contributed by atoms with Gasteiger partial charge in [-0.1, -0.05) is 13.8 Å².